The Morgan fingerprint density at radius 2 is 1.94 bits per heavy atom. The molecular weight excluding hydrogens is 234 g/mol. The molecular formula is C13H17NO4. The van der Waals surface area contributed by atoms with Gasteiger partial charge in [-0.25, -0.2) is 0 Å². The molecule has 0 spiro atoms. The number of carbonyl (C=O) groups is 1. The van der Waals surface area contributed by atoms with E-state index in [1.165, 1.54) is 25.1 Å². The van der Waals surface area contributed by atoms with E-state index in [-0.39, 0.29) is 23.1 Å². The minimum atomic E-state index is -0.526. The van der Waals surface area contributed by atoms with Crippen molar-refractivity contribution >= 4 is 11.5 Å². The van der Waals surface area contributed by atoms with Crippen LogP contribution in [0.5, 0.6) is 5.75 Å². The lowest BCUT2D eigenvalue weighted by molar-refractivity contribution is -0.384. The van der Waals surface area contributed by atoms with Gasteiger partial charge in [-0.1, -0.05) is 13.8 Å². The van der Waals surface area contributed by atoms with Gasteiger partial charge < -0.3 is 4.74 Å². The number of ether oxygens (including phenoxy) is 1. The van der Waals surface area contributed by atoms with E-state index in [2.05, 4.69) is 0 Å². The maximum Gasteiger partial charge on any atom is 0.270 e. The highest BCUT2D eigenvalue weighted by atomic mass is 16.6. The highest BCUT2D eigenvalue weighted by Crippen LogP contribution is 2.26. The molecule has 0 heterocycles. The van der Waals surface area contributed by atoms with Gasteiger partial charge in [0.05, 0.1) is 16.6 Å². The number of nitro groups is 1. The Kier molecular flexibility index (Phi) is 4.42. The molecule has 0 bridgehead atoms. The van der Waals surface area contributed by atoms with Crippen molar-refractivity contribution < 1.29 is 14.5 Å². The highest BCUT2D eigenvalue weighted by Gasteiger charge is 2.17. The topological polar surface area (TPSA) is 69.4 Å². The van der Waals surface area contributed by atoms with Crippen molar-refractivity contribution in [2.24, 2.45) is 5.92 Å². The van der Waals surface area contributed by atoms with Crippen LogP contribution in [-0.4, -0.2) is 16.8 Å². The number of benzene rings is 1. The third-order valence-electron chi connectivity index (χ3n) is 2.80. The molecule has 0 saturated carbocycles. The molecule has 1 aromatic rings. The molecule has 0 amide bonds. The lowest BCUT2D eigenvalue weighted by Gasteiger charge is -2.19. The Hall–Kier alpha value is -1.91. The molecule has 0 aliphatic heterocycles. The first-order valence-corrected chi connectivity index (χ1v) is 5.79. The van der Waals surface area contributed by atoms with Crippen molar-refractivity contribution in [3.8, 4) is 5.75 Å². The van der Waals surface area contributed by atoms with Gasteiger partial charge in [0.1, 0.15) is 5.75 Å². The molecule has 0 N–H and O–H groups in total. The number of hydrogen-bond donors (Lipinski definition) is 0. The molecule has 1 atom stereocenters. The molecule has 1 rings (SSSR count). The second-order valence-corrected chi connectivity index (χ2v) is 4.56. The summed E-state index contributed by atoms with van der Waals surface area (Å²) in [7, 11) is 0. The van der Waals surface area contributed by atoms with Crippen LogP contribution in [-0.2, 0) is 0 Å². The quantitative estimate of drug-likeness (QED) is 0.457. The molecule has 1 unspecified atom stereocenters. The van der Waals surface area contributed by atoms with Gasteiger partial charge in [-0.3, -0.25) is 14.9 Å². The van der Waals surface area contributed by atoms with Gasteiger partial charge in [-0.15, -0.1) is 0 Å². The summed E-state index contributed by atoms with van der Waals surface area (Å²) in [5.41, 5.74) is 0.140. The fraction of sp³-hybridized carbons (Fsp3) is 0.462. The van der Waals surface area contributed by atoms with Gasteiger partial charge in [0, 0.05) is 12.1 Å². The van der Waals surface area contributed by atoms with E-state index in [1.54, 1.807) is 0 Å². The molecule has 18 heavy (non-hydrogen) atoms. The van der Waals surface area contributed by atoms with Crippen LogP contribution >= 0.6 is 0 Å². The smallest absolute Gasteiger partial charge is 0.270 e. The second kappa shape index (κ2) is 5.62. The van der Waals surface area contributed by atoms with Crippen molar-refractivity contribution in [2.45, 2.75) is 33.8 Å². The van der Waals surface area contributed by atoms with Gasteiger partial charge in [-0.2, -0.15) is 0 Å². The maximum atomic E-state index is 11.5. The van der Waals surface area contributed by atoms with Crippen molar-refractivity contribution in [3.05, 3.63) is 33.9 Å². The first-order valence-electron chi connectivity index (χ1n) is 5.79. The summed E-state index contributed by atoms with van der Waals surface area (Å²) in [5.74, 6) is 0.443. The fourth-order valence-electron chi connectivity index (χ4n) is 1.35. The molecule has 0 radical (unpaired) electrons. The van der Waals surface area contributed by atoms with Crippen LogP contribution in [0.1, 0.15) is 38.1 Å². The zero-order valence-corrected chi connectivity index (χ0v) is 11.0. The predicted octanol–water partition coefficient (Wildman–Crippen LogP) is 3.22. The van der Waals surface area contributed by atoms with Crippen molar-refractivity contribution in [1.82, 2.24) is 0 Å². The van der Waals surface area contributed by atoms with Gasteiger partial charge in [0.15, 0.2) is 5.78 Å². The molecule has 0 aliphatic rings. The first-order chi connectivity index (χ1) is 8.32. The number of Topliss-reactive ketones (excluding diaryl/α,β-unsaturated/α-hetero) is 1. The fourth-order valence-corrected chi connectivity index (χ4v) is 1.35. The summed E-state index contributed by atoms with van der Waals surface area (Å²) in [6, 6.07) is 4.08. The summed E-state index contributed by atoms with van der Waals surface area (Å²) in [4.78, 5) is 21.6. The third-order valence-corrected chi connectivity index (χ3v) is 2.80. The molecule has 5 nitrogen and oxygen atoms in total. The van der Waals surface area contributed by atoms with Crippen LogP contribution in [0.3, 0.4) is 0 Å². The summed E-state index contributed by atoms with van der Waals surface area (Å²) in [6.07, 6.45) is -0.0652. The minimum Gasteiger partial charge on any atom is -0.490 e. The lowest BCUT2D eigenvalue weighted by Crippen LogP contribution is -2.19. The zero-order chi connectivity index (χ0) is 13.9. The second-order valence-electron chi connectivity index (χ2n) is 4.56. The van der Waals surface area contributed by atoms with E-state index in [0.29, 0.717) is 11.7 Å². The van der Waals surface area contributed by atoms with Crippen LogP contribution in [0.25, 0.3) is 0 Å². The normalized spacial score (nSPS) is 12.3. The maximum absolute atomic E-state index is 11.5. The monoisotopic (exact) mass is 251 g/mol. The SMILES string of the molecule is CC(=O)c1cc([N+](=O)[O-])ccc1OC(C)C(C)C. The van der Waals surface area contributed by atoms with E-state index in [1.807, 2.05) is 20.8 Å². The van der Waals surface area contributed by atoms with Crippen LogP contribution in [0.4, 0.5) is 5.69 Å². The van der Waals surface area contributed by atoms with E-state index < -0.39 is 4.92 Å². The average Bonchev–Trinajstić information content (AvgIpc) is 2.28. The summed E-state index contributed by atoms with van der Waals surface area (Å²) in [5, 5.41) is 10.7. The third kappa shape index (κ3) is 3.29. The number of ketones is 1. The van der Waals surface area contributed by atoms with Crippen LogP contribution < -0.4 is 4.74 Å². The Bertz CT molecular complexity index is 468. The zero-order valence-electron chi connectivity index (χ0n) is 11.0. The van der Waals surface area contributed by atoms with Crippen LogP contribution in [0, 0.1) is 16.0 Å². The predicted molar refractivity (Wildman–Crippen MR) is 68.0 cm³/mol. The van der Waals surface area contributed by atoms with Crippen molar-refractivity contribution in [1.29, 1.82) is 0 Å². The minimum absolute atomic E-state index is 0.0652. The van der Waals surface area contributed by atoms with Gasteiger partial charge >= 0.3 is 0 Å². The number of nitro benzene ring substituents is 1. The Morgan fingerprint density at radius 1 is 1.33 bits per heavy atom. The molecule has 98 valence electrons. The number of hydrogen-bond acceptors (Lipinski definition) is 4. The summed E-state index contributed by atoms with van der Waals surface area (Å²) < 4.78 is 5.66. The molecule has 5 heteroatoms. The van der Waals surface area contributed by atoms with Gasteiger partial charge in [0.2, 0.25) is 0 Å². The van der Waals surface area contributed by atoms with Crippen LogP contribution in [0.15, 0.2) is 18.2 Å². The number of nitrogens with zero attached hydrogens (tertiary/aromatic N) is 1. The Balaban J connectivity index is 3.12. The van der Waals surface area contributed by atoms with E-state index in [0.717, 1.165) is 0 Å². The van der Waals surface area contributed by atoms with E-state index >= 15 is 0 Å². The van der Waals surface area contributed by atoms with Crippen LogP contribution in [0.2, 0.25) is 0 Å². The van der Waals surface area contributed by atoms with Gasteiger partial charge in [0.25, 0.3) is 5.69 Å². The largest absolute Gasteiger partial charge is 0.490 e. The first kappa shape index (κ1) is 14.2. The summed E-state index contributed by atoms with van der Waals surface area (Å²) >= 11 is 0. The molecule has 1 aromatic carbocycles. The Morgan fingerprint density at radius 3 is 2.39 bits per heavy atom. The molecule has 0 aromatic heterocycles. The number of rotatable bonds is 5. The lowest BCUT2D eigenvalue weighted by atomic mass is 10.1. The molecule has 0 fully saturated rings. The standard InChI is InChI=1S/C13H17NO4/c1-8(2)10(4)18-13-6-5-11(14(16)17)7-12(13)9(3)15/h5-8,10H,1-4H3. The van der Waals surface area contributed by atoms with E-state index in [4.69, 9.17) is 4.74 Å². The van der Waals surface area contributed by atoms with Gasteiger partial charge in [-0.05, 0) is 25.8 Å². The molecule has 0 saturated heterocycles. The van der Waals surface area contributed by atoms with Crippen molar-refractivity contribution in [3.63, 3.8) is 0 Å². The number of non-ortho nitro benzene ring substituents is 1. The molecule has 0 aliphatic carbocycles. The van der Waals surface area contributed by atoms with E-state index in [9.17, 15) is 14.9 Å². The highest BCUT2D eigenvalue weighted by molar-refractivity contribution is 5.97. The Labute approximate surface area is 106 Å². The number of carbonyl (C=O) groups excluding carboxylic acids is 1. The van der Waals surface area contributed by atoms with Crippen molar-refractivity contribution in [2.75, 3.05) is 0 Å². The average molecular weight is 251 g/mol. The summed E-state index contributed by atoms with van der Waals surface area (Å²) in [6.45, 7) is 7.27.